The van der Waals surface area contributed by atoms with Gasteiger partial charge in [0.25, 0.3) is 0 Å². The summed E-state index contributed by atoms with van der Waals surface area (Å²) in [5.74, 6) is 0.566. The van der Waals surface area contributed by atoms with Crippen molar-refractivity contribution >= 4 is 33.5 Å². The lowest BCUT2D eigenvalue weighted by atomic mass is 10.0. The van der Waals surface area contributed by atoms with Gasteiger partial charge < -0.3 is 10.1 Å². The normalized spacial score (nSPS) is 13.8. The third kappa shape index (κ3) is 3.91. The van der Waals surface area contributed by atoms with E-state index in [1.807, 2.05) is 31.2 Å². The van der Waals surface area contributed by atoms with E-state index in [2.05, 4.69) is 31.2 Å². The molecule has 1 heterocycles. The minimum absolute atomic E-state index is 0.0161. The summed E-state index contributed by atoms with van der Waals surface area (Å²) in [6.07, 6.45) is 3.29. The number of aromatic nitrogens is 2. The van der Waals surface area contributed by atoms with Crippen molar-refractivity contribution in [3.63, 3.8) is 0 Å². The molecule has 6 heteroatoms. The molecule has 0 amide bonds. The second-order valence-corrected chi connectivity index (χ2v) is 5.72. The first-order valence-electron chi connectivity index (χ1n) is 6.12. The molecule has 0 saturated heterocycles. The monoisotopic (exact) mass is 355 g/mol. The van der Waals surface area contributed by atoms with Crippen LogP contribution in [0, 0.1) is 0 Å². The van der Waals surface area contributed by atoms with Gasteiger partial charge in [0, 0.05) is 24.5 Å². The standard InChI is InChI=1S/C14H15BrClN3O/c1-9(19-14-17-7-11(15)8-18-14)13(20-2)10-3-5-12(16)6-4-10/h3-9,13H,1-2H3,(H,17,18,19). The first-order chi connectivity index (χ1) is 9.60. The summed E-state index contributed by atoms with van der Waals surface area (Å²) >= 11 is 9.21. The Labute approximate surface area is 131 Å². The molecule has 0 bridgehead atoms. The molecular weight excluding hydrogens is 342 g/mol. The molecule has 1 aromatic heterocycles. The number of rotatable bonds is 5. The topological polar surface area (TPSA) is 47.0 Å². The number of methoxy groups -OCH3 is 1. The fraction of sp³-hybridized carbons (Fsp3) is 0.286. The fourth-order valence-corrected chi connectivity index (χ4v) is 2.28. The van der Waals surface area contributed by atoms with Gasteiger partial charge in [0.15, 0.2) is 0 Å². The quantitative estimate of drug-likeness (QED) is 0.877. The van der Waals surface area contributed by atoms with Crippen LogP contribution in [0.15, 0.2) is 41.1 Å². The van der Waals surface area contributed by atoms with Crippen molar-refractivity contribution in [2.45, 2.75) is 19.1 Å². The number of halogens is 2. The van der Waals surface area contributed by atoms with Crippen molar-refractivity contribution in [2.24, 2.45) is 0 Å². The van der Waals surface area contributed by atoms with Gasteiger partial charge in [-0.3, -0.25) is 0 Å². The Hall–Kier alpha value is -1.17. The third-order valence-electron chi connectivity index (χ3n) is 2.88. The van der Waals surface area contributed by atoms with Gasteiger partial charge in [-0.05, 0) is 40.5 Å². The van der Waals surface area contributed by atoms with Crippen LogP contribution >= 0.6 is 27.5 Å². The molecule has 4 nitrogen and oxygen atoms in total. The number of ether oxygens (including phenoxy) is 1. The number of benzene rings is 1. The van der Waals surface area contributed by atoms with E-state index < -0.39 is 0 Å². The average Bonchev–Trinajstić information content (AvgIpc) is 2.44. The number of nitrogens with zero attached hydrogens (tertiary/aromatic N) is 2. The van der Waals surface area contributed by atoms with Crippen LogP contribution in [0.25, 0.3) is 0 Å². The van der Waals surface area contributed by atoms with Gasteiger partial charge >= 0.3 is 0 Å². The summed E-state index contributed by atoms with van der Waals surface area (Å²) in [7, 11) is 1.68. The van der Waals surface area contributed by atoms with Crippen LogP contribution < -0.4 is 5.32 Å². The van der Waals surface area contributed by atoms with Crippen molar-refractivity contribution in [1.82, 2.24) is 9.97 Å². The van der Waals surface area contributed by atoms with Crippen LogP contribution in [0.5, 0.6) is 0 Å². The predicted molar refractivity (Wildman–Crippen MR) is 84.0 cm³/mol. The van der Waals surface area contributed by atoms with E-state index in [0.29, 0.717) is 11.0 Å². The highest BCUT2D eigenvalue weighted by Crippen LogP contribution is 2.24. The van der Waals surface area contributed by atoms with Gasteiger partial charge in [-0.25, -0.2) is 9.97 Å². The third-order valence-corrected chi connectivity index (χ3v) is 3.55. The zero-order chi connectivity index (χ0) is 14.5. The lowest BCUT2D eigenvalue weighted by molar-refractivity contribution is 0.0905. The second kappa shape index (κ2) is 7.02. The van der Waals surface area contributed by atoms with E-state index >= 15 is 0 Å². The lowest BCUT2D eigenvalue weighted by Crippen LogP contribution is -2.26. The summed E-state index contributed by atoms with van der Waals surface area (Å²) in [6.45, 7) is 2.02. The number of hydrogen-bond acceptors (Lipinski definition) is 4. The predicted octanol–water partition coefficient (Wildman–Crippen LogP) is 4.08. The Morgan fingerprint density at radius 2 is 1.80 bits per heavy atom. The highest BCUT2D eigenvalue weighted by atomic mass is 79.9. The SMILES string of the molecule is COC(c1ccc(Cl)cc1)C(C)Nc1ncc(Br)cn1. The smallest absolute Gasteiger partial charge is 0.222 e. The molecular formula is C14H15BrClN3O. The van der Waals surface area contributed by atoms with E-state index in [4.69, 9.17) is 16.3 Å². The van der Waals surface area contributed by atoms with Crippen molar-refractivity contribution in [1.29, 1.82) is 0 Å². The second-order valence-electron chi connectivity index (χ2n) is 4.37. The van der Waals surface area contributed by atoms with Gasteiger partial charge in [-0.1, -0.05) is 23.7 Å². The zero-order valence-electron chi connectivity index (χ0n) is 11.2. The van der Waals surface area contributed by atoms with Crippen molar-refractivity contribution in [3.8, 4) is 0 Å². The molecule has 0 aliphatic heterocycles. The van der Waals surface area contributed by atoms with Crippen LogP contribution in [-0.2, 0) is 4.74 Å². The van der Waals surface area contributed by atoms with Crippen LogP contribution in [0.3, 0.4) is 0 Å². The molecule has 2 rings (SSSR count). The lowest BCUT2D eigenvalue weighted by Gasteiger charge is -2.24. The van der Waals surface area contributed by atoms with E-state index in [0.717, 1.165) is 10.0 Å². The molecule has 2 atom stereocenters. The van der Waals surface area contributed by atoms with Crippen molar-refractivity contribution < 1.29 is 4.74 Å². The van der Waals surface area contributed by atoms with E-state index in [1.54, 1.807) is 19.5 Å². The minimum Gasteiger partial charge on any atom is -0.375 e. The van der Waals surface area contributed by atoms with Crippen LogP contribution in [-0.4, -0.2) is 23.1 Å². The first-order valence-corrected chi connectivity index (χ1v) is 7.29. The molecule has 0 aliphatic carbocycles. The zero-order valence-corrected chi connectivity index (χ0v) is 13.5. The maximum absolute atomic E-state index is 5.90. The molecule has 0 spiro atoms. The molecule has 0 aliphatic rings. The number of nitrogens with one attached hydrogen (secondary N) is 1. The first kappa shape index (κ1) is 15.2. The average molecular weight is 357 g/mol. The summed E-state index contributed by atoms with van der Waals surface area (Å²) in [4.78, 5) is 8.39. The number of anilines is 1. The molecule has 1 aromatic carbocycles. The Kier molecular flexibility index (Phi) is 5.34. The van der Waals surface area contributed by atoms with Gasteiger partial charge in [0.1, 0.15) is 6.10 Å². The maximum atomic E-state index is 5.90. The summed E-state index contributed by atoms with van der Waals surface area (Å²) < 4.78 is 6.41. The van der Waals surface area contributed by atoms with Gasteiger partial charge in [-0.2, -0.15) is 0 Å². The Morgan fingerprint density at radius 3 is 2.35 bits per heavy atom. The molecule has 0 fully saturated rings. The van der Waals surface area contributed by atoms with Crippen LogP contribution in [0.2, 0.25) is 5.02 Å². The van der Waals surface area contributed by atoms with Crippen LogP contribution in [0.4, 0.5) is 5.95 Å². The van der Waals surface area contributed by atoms with Crippen molar-refractivity contribution in [2.75, 3.05) is 12.4 Å². The largest absolute Gasteiger partial charge is 0.375 e. The highest BCUT2D eigenvalue weighted by Gasteiger charge is 2.19. The van der Waals surface area contributed by atoms with Gasteiger partial charge in [0.2, 0.25) is 5.95 Å². The molecule has 2 aromatic rings. The molecule has 2 unspecified atom stereocenters. The highest BCUT2D eigenvalue weighted by molar-refractivity contribution is 9.10. The van der Waals surface area contributed by atoms with Crippen LogP contribution in [0.1, 0.15) is 18.6 Å². The summed E-state index contributed by atoms with van der Waals surface area (Å²) in [6, 6.07) is 7.63. The fourth-order valence-electron chi connectivity index (χ4n) is 1.95. The molecule has 0 radical (unpaired) electrons. The van der Waals surface area contributed by atoms with E-state index in [9.17, 15) is 0 Å². The Morgan fingerprint density at radius 1 is 1.20 bits per heavy atom. The van der Waals surface area contributed by atoms with Gasteiger partial charge in [0.05, 0.1) is 10.5 Å². The minimum atomic E-state index is -0.112. The molecule has 1 N–H and O–H groups in total. The summed E-state index contributed by atoms with van der Waals surface area (Å²) in [5, 5.41) is 3.94. The summed E-state index contributed by atoms with van der Waals surface area (Å²) in [5.41, 5.74) is 1.05. The maximum Gasteiger partial charge on any atom is 0.222 e. The molecule has 20 heavy (non-hydrogen) atoms. The van der Waals surface area contributed by atoms with Gasteiger partial charge in [-0.15, -0.1) is 0 Å². The molecule has 0 saturated carbocycles. The van der Waals surface area contributed by atoms with E-state index in [1.165, 1.54) is 0 Å². The number of hydrogen-bond donors (Lipinski definition) is 1. The van der Waals surface area contributed by atoms with E-state index in [-0.39, 0.29) is 12.1 Å². The molecule has 106 valence electrons. The van der Waals surface area contributed by atoms with Crippen molar-refractivity contribution in [3.05, 3.63) is 51.7 Å². The Balaban J connectivity index is 2.10. The Bertz CT molecular complexity index is 547.